The Labute approximate surface area is 139 Å². The van der Waals surface area contributed by atoms with Gasteiger partial charge < -0.3 is 11.1 Å². The zero-order valence-electron chi connectivity index (χ0n) is 11.6. The van der Waals surface area contributed by atoms with Crippen LogP contribution in [0, 0.1) is 11.3 Å². The van der Waals surface area contributed by atoms with Crippen LogP contribution in [0.3, 0.4) is 0 Å². The average Bonchev–Trinajstić information content (AvgIpc) is 2.50. The number of halogens is 1. The quantitative estimate of drug-likeness (QED) is 0.513. The van der Waals surface area contributed by atoms with Gasteiger partial charge in [0.1, 0.15) is 5.84 Å². The van der Waals surface area contributed by atoms with Gasteiger partial charge in [-0.15, -0.1) is 0 Å². The molecule has 0 saturated heterocycles. The maximum Gasteiger partial charge on any atom is 0.198 e. The number of hydrogen-bond acceptors (Lipinski definition) is 2. The Morgan fingerprint density at radius 2 is 1.91 bits per heavy atom. The van der Waals surface area contributed by atoms with Crippen LogP contribution in [0.5, 0.6) is 0 Å². The van der Waals surface area contributed by atoms with Gasteiger partial charge in [-0.1, -0.05) is 29.8 Å². The molecule has 0 heterocycles. The second-order valence-corrected chi connectivity index (χ2v) is 5.28. The summed E-state index contributed by atoms with van der Waals surface area (Å²) in [6.07, 6.45) is 0.425. The first-order valence-corrected chi connectivity index (χ1v) is 7.24. The number of nitrogens with two attached hydrogens (primary N) is 1. The van der Waals surface area contributed by atoms with Gasteiger partial charge in [-0.3, -0.25) is 0 Å². The molecule has 0 aliphatic carbocycles. The Hall–Kier alpha value is -2.42. The third-order valence-corrected chi connectivity index (χ3v) is 3.40. The molecule has 2 rings (SSSR count). The lowest BCUT2D eigenvalue weighted by Gasteiger charge is -2.06. The van der Waals surface area contributed by atoms with Crippen LogP contribution in [0.25, 0.3) is 0 Å². The molecule has 0 aliphatic rings. The van der Waals surface area contributed by atoms with E-state index >= 15 is 0 Å². The zero-order chi connectivity index (χ0) is 15.9. The number of thiocarbonyl (C=S) groups is 1. The molecule has 0 saturated carbocycles. The molecule has 0 spiro atoms. The van der Waals surface area contributed by atoms with E-state index in [0.29, 0.717) is 22.8 Å². The third kappa shape index (κ3) is 4.55. The summed E-state index contributed by atoms with van der Waals surface area (Å²) in [5.41, 5.74) is 8.12. The molecule has 3 N–H and O–H groups in total. The van der Waals surface area contributed by atoms with Gasteiger partial charge in [-0.25, -0.2) is 4.99 Å². The fourth-order valence-corrected chi connectivity index (χ4v) is 2.22. The van der Waals surface area contributed by atoms with Gasteiger partial charge in [-0.05, 0) is 48.1 Å². The second-order valence-electron chi connectivity index (χ2n) is 4.49. The predicted molar refractivity (Wildman–Crippen MR) is 94.2 cm³/mol. The lowest BCUT2D eigenvalue weighted by molar-refractivity contribution is 1.29. The van der Waals surface area contributed by atoms with Gasteiger partial charge in [0, 0.05) is 17.1 Å². The highest BCUT2D eigenvalue weighted by molar-refractivity contribution is 7.80. The van der Waals surface area contributed by atoms with Crippen molar-refractivity contribution in [1.29, 1.82) is 5.26 Å². The molecule has 0 atom stereocenters. The molecule has 6 heteroatoms. The van der Waals surface area contributed by atoms with Crippen molar-refractivity contribution >= 4 is 40.5 Å². The molecule has 110 valence electrons. The van der Waals surface area contributed by atoms with E-state index in [1.165, 1.54) is 0 Å². The van der Waals surface area contributed by atoms with E-state index in [2.05, 4.69) is 16.4 Å². The van der Waals surface area contributed by atoms with E-state index in [-0.39, 0.29) is 5.11 Å². The van der Waals surface area contributed by atoms with E-state index < -0.39 is 0 Å². The van der Waals surface area contributed by atoms with Crippen molar-refractivity contribution in [2.75, 3.05) is 5.32 Å². The molecular weight excluding hydrogens is 316 g/mol. The number of benzene rings is 2. The Bertz CT molecular complexity index is 747. The van der Waals surface area contributed by atoms with Gasteiger partial charge in [-0.2, -0.15) is 5.26 Å². The summed E-state index contributed by atoms with van der Waals surface area (Å²) < 4.78 is 0. The van der Waals surface area contributed by atoms with Crippen molar-refractivity contribution in [3.8, 4) is 6.07 Å². The molecule has 0 unspecified atom stereocenters. The van der Waals surface area contributed by atoms with E-state index in [4.69, 9.17) is 34.8 Å². The number of nitrogens with zero attached hydrogens (tertiary/aromatic N) is 2. The summed E-state index contributed by atoms with van der Waals surface area (Å²) in [6, 6.07) is 16.4. The maximum absolute atomic E-state index is 8.75. The SMILES string of the molecule is N#Cc1ccc(NC(=S)N=C(N)Cc2ccccc2Cl)cc1. The molecule has 0 aromatic heterocycles. The highest BCUT2D eigenvalue weighted by Gasteiger charge is 2.03. The third-order valence-electron chi connectivity index (χ3n) is 2.84. The molecule has 0 fully saturated rings. The molecule has 22 heavy (non-hydrogen) atoms. The van der Waals surface area contributed by atoms with Crippen molar-refractivity contribution in [2.45, 2.75) is 6.42 Å². The van der Waals surface area contributed by atoms with E-state index in [9.17, 15) is 0 Å². The monoisotopic (exact) mass is 328 g/mol. The van der Waals surface area contributed by atoms with Gasteiger partial charge in [0.15, 0.2) is 5.11 Å². The topological polar surface area (TPSA) is 74.2 Å². The number of nitrogens with one attached hydrogen (secondary N) is 1. The summed E-state index contributed by atoms with van der Waals surface area (Å²) in [4.78, 5) is 4.14. The largest absolute Gasteiger partial charge is 0.387 e. The first-order valence-electron chi connectivity index (χ1n) is 6.46. The van der Waals surface area contributed by atoms with Crippen LogP contribution in [0.4, 0.5) is 5.69 Å². The first-order chi connectivity index (χ1) is 10.6. The highest BCUT2D eigenvalue weighted by atomic mass is 35.5. The van der Waals surface area contributed by atoms with Crippen molar-refractivity contribution < 1.29 is 0 Å². The molecular formula is C16H13ClN4S. The normalized spacial score (nSPS) is 10.8. The average molecular weight is 329 g/mol. The summed E-state index contributed by atoms with van der Waals surface area (Å²) in [5.74, 6) is 0.374. The number of amidine groups is 1. The van der Waals surface area contributed by atoms with Gasteiger partial charge >= 0.3 is 0 Å². The van der Waals surface area contributed by atoms with Crippen molar-refractivity contribution in [1.82, 2.24) is 0 Å². The van der Waals surface area contributed by atoms with E-state index in [1.807, 2.05) is 18.2 Å². The van der Waals surface area contributed by atoms with Crippen LogP contribution >= 0.6 is 23.8 Å². The molecule has 4 nitrogen and oxygen atoms in total. The van der Waals surface area contributed by atoms with Gasteiger partial charge in [0.25, 0.3) is 0 Å². The molecule has 0 bridgehead atoms. The van der Waals surface area contributed by atoms with E-state index in [1.54, 1.807) is 30.3 Å². The number of nitriles is 1. The lowest BCUT2D eigenvalue weighted by Crippen LogP contribution is -2.19. The summed E-state index contributed by atoms with van der Waals surface area (Å²) in [5, 5.41) is 12.6. The minimum atomic E-state index is 0.259. The Morgan fingerprint density at radius 1 is 1.23 bits per heavy atom. The lowest BCUT2D eigenvalue weighted by atomic mass is 10.1. The predicted octanol–water partition coefficient (Wildman–Crippen LogP) is 3.51. The highest BCUT2D eigenvalue weighted by Crippen LogP contribution is 2.15. The number of anilines is 1. The first kappa shape index (κ1) is 16.0. The molecule has 2 aromatic carbocycles. The molecule has 0 aliphatic heterocycles. The fraction of sp³-hybridized carbons (Fsp3) is 0.0625. The van der Waals surface area contributed by atoms with Gasteiger partial charge in [0.2, 0.25) is 0 Å². The zero-order valence-corrected chi connectivity index (χ0v) is 13.2. The number of hydrogen-bond donors (Lipinski definition) is 2. The Kier molecular flexibility index (Phi) is 5.48. The minimum Gasteiger partial charge on any atom is -0.387 e. The smallest absolute Gasteiger partial charge is 0.198 e. The van der Waals surface area contributed by atoms with Crippen molar-refractivity contribution in [2.24, 2.45) is 10.7 Å². The summed E-state index contributed by atoms with van der Waals surface area (Å²) in [6.45, 7) is 0. The van der Waals surface area contributed by atoms with Crippen LogP contribution < -0.4 is 11.1 Å². The standard InChI is InChI=1S/C16H13ClN4S/c17-14-4-2-1-3-12(14)9-15(19)21-16(22)20-13-7-5-11(10-18)6-8-13/h1-8H,9H2,(H3,19,20,21,22). The van der Waals surface area contributed by atoms with Crippen LogP contribution in [0.2, 0.25) is 5.02 Å². The van der Waals surface area contributed by atoms with Crippen molar-refractivity contribution in [3.63, 3.8) is 0 Å². The van der Waals surface area contributed by atoms with Crippen LogP contribution in [0.1, 0.15) is 11.1 Å². The van der Waals surface area contributed by atoms with Crippen molar-refractivity contribution in [3.05, 3.63) is 64.7 Å². The van der Waals surface area contributed by atoms with Gasteiger partial charge in [0.05, 0.1) is 11.6 Å². The summed E-state index contributed by atoms with van der Waals surface area (Å²) in [7, 11) is 0. The second kappa shape index (κ2) is 7.55. The summed E-state index contributed by atoms with van der Waals surface area (Å²) >= 11 is 11.2. The maximum atomic E-state index is 8.75. The molecule has 2 aromatic rings. The molecule has 0 amide bonds. The number of rotatable bonds is 3. The number of aliphatic imine (C=N–C) groups is 1. The van der Waals surface area contributed by atoms with Crippen LogP contribution in [-0.4, -0.2) is 10.9 Å². The van der Waals surface area contributed by atoms with Crippen LogP contribution in [0.15, 0.2) is 53.5 Å². The fourth-order valence-electron chi connectivity index (χ4n) is 1.79. The van der Waals surface area contributed by atoms with E-state index in [0.717, 1.165) is 11.3 Å². The molecule has 0 radical (unpaired) electrons. The Balaban J connectivity index is 2.00. The van der Waals surface area contributed by atoms with Crippen LogP contribution in [-0.2, 0) is 6.42 Å². The minimum absolute atomic E-state index is 0.259. The Morgan fingerprint density at radius 3 is 2.55 bits per heavy atom.